The first-order valence-corrected chi connectivity index (χ1v) is 11.3. The Hall–Kier alpha value is -3.02. The topological polar surface area (TPSA) is 67.9 Å². The van der Waals surface area contributed by atoms with Gasteiger partial charge in [0, 0.05) is 19.5 Å². The number of amides is 2. The summed E-state index contributed by atoms with van der Waals surface area (Å²) in [5, 5.41) is 2.94. The lowest BCUT2D eigenvalue weighted by Gasteiger charge is -2.29. The SMILES string of the molecule is CCCCNC(=O)[C@H](C)N(Cc1ccc(OC)cc1)C(=O)CCCOc1ccc(C)cc1. The highest BCUT2D eigenvalue weighted by Crippen LogP contribution is 2.17. The molecule has 32 heavy (non-hydrogen) atoms. The third kappa shape index (κ3) is 8.25. The number of rotatable bonds is 13. The Kier molecular flexibility index (Phi) is 10.6. The molecule has 174 valence electrons. The molecule has 0 unspecified atom stereocenters. The molecule has 6 nitrogen and oxygen atoms in total. The van der Waals surface area contributed by atoms with Crippen molar-refractivity contribution in [2.75, 3.05) is 20.3 Å². The molecule has 2 amide bonds. The third-order valence-electron chi connectivity index (χ3n) is 5.33. The highest BCUT2D eigenvalue weighted by molar-refractivity contribution is 5.87. The minimum Gasteiger partial charge on any atom is -0.497 e. The van der Waals surface area contributed by atoms with Gasteiger partial charge in [0.15, 0.2) is 0 Å². The van der Waals surface area contributed by atoms with E-state index in [0.717, 1.165) is 29.9 Å². The fourth-order valence-corrected chi connectivity index (χ4v) is 3.24. The van der Waals surface area contributed by atoms with Gasteiger partial charge in [-0.1, -0.05) is 43.2 Å². The maximum atomic E-state index is 13.1. The van der Waals surface area contributed by atoms with E-state index < -0.39 is 6.04 Å². The van der Waals surface area contributed by atoms with Crippen molar-refractivity contribution >= 4 is 11.8 Å². The number of ether oxygens (including phenoxy) is 2. The summed E-state index contributed by atoms with van der Waals surface area (Å²) in [6.45, 7) is 7.32. The maximum absolute atomic E-state index is 13.1. The van der Waals surface area contributed by atoms with Crippen LogP contribution in [0.15, 0.2) is 48.5 Å². The molecule has 1 atom stereocenters. The Morgan fingerprint density at radius 1 is 1.00 bits per heavy atom. The molecule has 2 aromatic rings. The molecule has 0 fully saturated rings. The number of aryl methyl sites for hydroxylation is 1. The van der Waals surface area contributed by atoms with Crippen LogP contribution in [0.5, 0.6) is 11.5 Å². The van der Waals surface area contributed by atoms with Gasteiger partial charge >= 0.3 is 0 Å². The van der Waals surface area contributed by atoms with Crippen molar-refractivity contribution in [3.8, 4) is 11.5 Å². The summed E-state index contributed by atoms with van der Waals surface area (Å²) < 4.78 is 11.0. The van der Waals surface area contributed by atoms with Crippen molar-refractivity contribution in [3.63, 3.8) is 0 Å². The van der Waals surface area contributed by atoms with Gasteiger partial charge in [-0.25, -0.2) is 0 Å². The summed E-state index contributed by atoms with van der Waals surface area (Å²) in [7, 11) is 1.62. The first-order chi connectivity index (χ1) is 15.4. The van der Waals surface area contributed by atoms with E-state index in [2.05, 4.69) is 12.2 Å². The predicted molar refractivity (Wildman–Crippen MR) is 127 cm³/mol. The molecule has 0 aliphatic heterocycles. The zero-order valence-corrected chi connectivity index (χ0v) is 19.7. The monoisotopic (exact) mass is 440 g/mol. The second kappa shape index (κ2) is 13.4. The van der Waals surface area contributed by atoms with Crippen molar-refractivity contribution in [1.29, 1.82) is 0 Å². The number of hydrogen-bond donors (Lipinski definition) is 1. The van der Waals surface area contributed by atoms with Gasteiger partial charge in [-0.05, 0) is 56.5 Å². The van der Waals surface area contributed by atoms with Crippen molar-refractivity contribution < 1.29 is 19.1 Å². The minimum absolute atomic E-state index is 0.0635. The first-order valence-electron chi connectivity index (χ1n) is 11.3. The maximum Gasteiger partial charge on any atom is 0.242 e. The Bertz CT molecular complexity index is 834. The van der Waals surface area contributed by atoms with Crippen LogP contribution < -0.4 is 14.8 Å². The molecule has 0 aromatic heterocycles. The summed E-state index contributed by atoms with van der Waals surface area (Å²) in [4.78, 5) is 27.4. The quantitative estimate of drug-likeness (QED) is 0.466. The smallest absolute Gasteiger partial charge is 0.242 e. The van der Waals surface area contributed by atoms with E-state index in [4.69, 9.17) is 9.47 Å². The molecule has 0 aliphatic rings. The largest absolute Gasteiger partial charge is 0.497 e. The van der Waals surface area contributed by atoms with Crippen LogP contribution in [0, 0.1) is 6.92 Å². The molecule has 0 spiro atoms. The number of carbonyl (C=O) groups is 2. The third-order valence-corrected chi connectivity index (χ3v) is 5.33. The summed E-state index contributed by atoms with van der Waals surface area (Å²) in [6.07, 6.45) is 2.82. The van der Waals surface area contributed by atoms with E-state index in [9.17, 15) is 9.59 Å². The van der Waals surface area contributed by atoms with E-state index in [-0.39, 0.29) is 11.8 Å². The van der Waals surface area contributed by atoms with Gasteiger partial charge in [0.05, 0.1) is 13.7 Å². The molecule has 0 radical (unpaired) electrons. The molecule has 0 saturated carbocycles. The Balaban J connectivity index is 1.98. The standard InChI is InChI=1S/C26H36N2O4/c1-5-6-17-27-26(30)21(3)28(19-22-11-15-23(31-4)16-12-22)25(29)8-7-18-32-24-13-9-20(2)10-14-24/h9-16,21H,5-8,17-19H2,1-4H3,(H,27,30)/t21-/m0/s1. The molecule has 0 bridgehead atoms. The second-order valence-corrected chi connectivity index (χ2v) is 7.96. The Morgan fingerprint density at radius 2 is 1.66 bits per heavy atom. The lowest BCUT2D eigenvalue weighted by Crippen LogP contribution is -2.47. The van der Waals surface area contributed by atoms with Crippen molar-refractivity contribution in [1.82, 2.24) is 10.2 Å². The van der Waals surface area contributed by atoms with E-state index in [0.29, 0.717) is 32.5 Å². The molecule has 6 heteroatoms. The summed E-state index contributed by atoms with van der Waals surface area (Å²) in [5.41, 5.74) is 2.12. The molecule has 2 rings (SSSR count). The Morgan fingerprint density at radius 3 is 2.28 bits per heavy atom. The fraction of sp³-hybridized carbons (Fsp3) is 0.462. The fourth-order valence-electron chi connectivity index (χ4n) is 3.24. The first kappa shape index (κ1) is 25.2. The zero-order valence-electron chi connectivity index (χ0n) is 19.7. The average Bonchev–Trinajstić information content (AvgIpc) is 2.81. The van der Waals surface area contributed by atoms with Crippen LogP contribution in [0.4, 0.5) is 0 Å². The molecule has 1 N–H and O–H groups in total. The van der Waals surface area contributed by atoms with Crippen molar-refractivity contribution in [2.45, 2.75) is 59.0 Å². The van der Waals surface area contributed by atoms with Crippen LogP contribution in [0.25, 0.3) is 0 Å². The van der Waals surface area contributed by atoms with E-state index in [1.165, 1.54) is 5.56 Å². The van der Waals surface area contributed by atoms with Gasteiger partial charge < -0.3 is 19.7 Å². The van der Waals surface area contributed by atoms with Crippen LogP contribution in [-0.4, -0.2) is 43.0 Å². The molecule has 0 aliphatic carbocycles. The molecule has 2 aromatic carbocycles. The van der Waals surface area contributed by atoms with Gasteiger partial charge in [-0.15, -0.1) is 0 Å². The Labute approximate surface area is 191 Å². The van der Waals surface area contributed by atoms with E-state index in [1.807, 2.05) is 55.5 Å². The van der Waals surface area contributed by atoms with Gasteiger partial charge in [0.25, 0.3) is 0 Å². The van der Waals surface area contributed by atoms with E-state index >= 15 is 0 Å². The van der Waals surface area contributed by atoms with E-state index in [1.54, 1.807) is 18.9 Å². The number of benzene rings is 2. The normalized spacial score (nSPS) is 11.5. The van der Waals surface area contributed by atoms with Gasteiger partial charge in [0.1, 0.15) is 17.5 Å². The average molecular weight is 441 g/mol. The number of hydrogen-bond acceptors (Lipinski definition) is 4. The minimum atomic E-state index is -0.556. The van der Waals surface area contributed by atoms with Crippen LogP contribution in [0.1, 0.15) is 50.7 Å². The van der Waals surface area contributed by atoms with Gasteiger partial charge in [0.2, 0.25) is 11.8 Å². The highest BCUT2D eigenvalue weighted by atomic mass is 16.5. The number of nitrogens with zero attached hydrogens (tertiary/aromatic N) is 1. The number of methoxy groups -OCH3 is 1. The molecule has 0 heterocycles. The zero-order chi connectivity index (χ0) is 23.3. The van der Waals surface area contributed by atoms with Crippen LogP contribution in [0.2, 0.25) is 0 Å². The number of carbonyl (C=O) groups excluding carboxylic acids is 2. The second-order valence-electron chi connectivity index (χ2n) is 7.96. The molecular formula is C26H36N2O4. The number of unbranched alkanes of at least 4 members (excludes halogenated alkanes) is 1. The summed E-state index contributed by atoms with van der Waals surface area (Å²) in [6, 6.07) is 14.8. The number of nitrogens with one attached hydrogen (secondary N) is 1. The summed E-state index contributed by atoms with van der Waals surface area (Å²) >= 11 is 0. The molecular weight excluding hydrogens is 404 g/mol. The van der Waals surface area contributed by atoms with Crippen LogP contribution in [-0.2, 0) is 16.1 Å². The predicted octanol–water partition coefficient (Wildman–Crippen LogP) is 4.50. The van der Waals surface area contributed by atoms with Gasteiger partial charge in [-0.2, -0.15) is 0 Å². The van der Waals surface area contributed by atoms with Crippen molar-refractivity contribution in [3.05, 3.63) is 59.7 Å². The molecule has 0 saturated heterocycles. The lowest BCUT2D eigenvalue weighted by molar-refractivity contribution is -0.140. The van der Waals surface area contributed by atoms with Crippen LogP contribution in [0.3, 0.4) is 0 Å². The van der Waals surface area contributed by atoms with Gasteiger partial charge in [-0.3, -0.25) is 9.59 Å². The van der Waals surface area contributed by atoms with Crippen molar-refractivity contribution in [2.24, 2.45) is 0 Å². The van der Waals surface area contributed by atoms with Crippen LogP contribution >= 0.6 is 0 Å². The lowest BCUT2D eigenvalue weighted by atomic mass is 10.1. The highest BCUT2D eigenvalue weighted by Gasteiger charge is 2.25. The summed E-state index contributed by atoms with van der Waals surface area (Å²) in [5.74, 6) is 1.36.